The second-order valence-corrected chi connectivity index (χ2v) is 13.4. The van der Waals surface area contributed by atoms with Gasteiger partial charge in [-0.1, -0.05) is 72.4 Å². The van der Waals surface area contributed by atoms with E-state index in [1.807, 2.05) is 0 Å². The molecule has 1 aromatic heterocycles. The van der Waals surface area contributed by atoms with E-state index in [9.17, 15) is 14.4 Å². The molecule has 6 nitrogen and oxygen atoms in total. The zero-order chi connectivity index (χ0) is 29.9. The minimum atomic E-state index is -0.472. The molecule has 1 saturated carbocycles. The van der Waals surface area contributed by atoms with Gasteiger partial charge in [0.05, 0.1) is 21.1 Å². The van der Waals surface area contributed by atoms with E-state index < -0.39 is 5.92 Å². The molecule has 7 heteroatoms. The Kier molecular flexibility index (Phi) is 13.2. The fraction of sp³-hybridized carbons (Fsp3) is 0.647. The second kappa shape index (κ2) is 16.3. The molecular formula is C34H51N3O3S. The summed E-state index contributed by atoms with van der Waals surface area (Å²) in [6, 6.07) is 6.27. The molecule has 2 atom stereocenters. The van der Waals surface area contributed by atoms with Gasteiger partial charge in [-0.25, -0.2) is 4.98 Å². The van der Waals surface area contributed by atoms with Crippen LogP contribution in [0, 0.1) is 11.8 Å². The Morgan fingerprint density at radius 3 is 2.46 bits per heavy atom. The molecule has 0 radical (unpaired) electrons. The molecular weight excluding hydrogens is 530 g/mol. The molecule has 226 valence electrons. The molecule has 3 rings (SSSR count). The summed E-state index contributed by atoms with van der Waals surface area (Å²) in [4.78, 5) is 45.9. The first-order chi connectivity index (χ1) is 19.6. The van der Waals surface area contributed by atoms with Crippen molar-refractivity contribution in [2.45, 2.75) is 111 Å². The van der Waals surface area contributed by atoms with Gasteiger partial charge in [-0.05, 0) is 62.4 Å². The van der Waals surface area contributed by atoms with Crippen molar-refractivity contribution in [1.29, 1.82) is 0 Å². The Balaban J connectivity index is 1.71. The van der Waals surface area contributed by atoms with E-state index in [1.54, 1.807) is 18.3 Å². The summed E-state index contributed by atoms with van der Waals surface area (Å²) in [6.07, 6.45) is 8.59. The van der Waals surface area contributed by atoms with Gasteiger partial charge >= 0.3 is 0 Å². The van der Waals surface area contributed by atoms with Crippen LogP contribution in [0.1, 0.15) is 109 Å². The average Bonchev–Trinajstić information content (AvgIpc) is 3.35. The number of hydrogen-bond donors (Lipinski definition) is 1. The van der Waals surface area contributed by atoms with Crippen molar-refractivity contribution in [3.63, 3.8) is 0 Å². The summed E-state index contributed by atoms with van der Waals surface area (Å²) >= 11 is 1.61. The van der Waals surface area contributed by atoms with Crippen molar-refractivity contribution in [2.75, 3.05) is 19.6 Å². The predicted molar refractivity (Wildman–Crippen MR) is 170 cm³/mol. The van der Waals surface area contributed by atoms with Crippen LogP contribution < -0.4 is 5.32 Å². The van der Waals surface area contributed by atoms with Crippen LogP contribution in [0.4, 0.5) is 0 Å². The van der Waals surface area contributed by atoms with Crippen LogP contribution in [0.15, 0.2) is 30.4 Å². The fourth-order valence-corrected chi connectivity index (χ4v) is 7.03. The van der Waals surface area contributed by atoms with Gasteiger partial charge in [0.1, 0.15) is 5.78 Å². The number of fused-ring (bicyclic) bond motifs is 1. The lowest BCUT2D eigenvalue weighted by atomic mass is 9.83. The number of likely N-dealkylation sites (N-methyl/N-ethyl adjacent to an activating group) is 1. The van der Waals surface area contributed by atoms with Gasteiger partial charge in [0, 0.05) is 37.4 Å². The molecule has 41 heavy (non-hydrogen) atoms. The van der Waals surface area contributed by atoms with Crippen molar-refractivity contribution in [2.24, 2.45) is 11.8 Å². The SMILES string of the molecule is C=C(CN(CC)CC)C(=O)CC[C@H](CC1CCCCC1)NC(=O)[C@@H](CC(C)=O)Cc1nc2ccc(C(C)C)cc2s1. The van der Waals surface area contributed by atoms with E-state index in [1.165, 1.54) is 37.7 Å². The predicted octanol–water partition coefficient (Wildman–Crippen LogP) is 7.26. The van der Waals surface area contributed by atoms with Gasteiger partial charge in [0.25, 0.3) is 0 Å². The quantitative estimate of drug-likeness (QED) is 0.199. The molecule has 1 fully saturated rings. The molecule has 1 aromatic carbocycles. The molecule has 1 N–H and O–H groups in total. The number of thiazole rings is 1. The summed E-state index contributed by atoms with van der Waals surface area (Å²) in [5, 5.41) is 4.18. The lowest BCUT2D eigenvalue weighted by Crippen LogP contribution is -2.41. The first-order valence-corrected chi connectivity index (χ1v) is 16.5. The smallest absolute Gasteiger partial charge is 0.224 e. The zero-order valence-electron chi connectivity index (χ0n) is 26.0. The number of hydrogen-bond acceptors (Lipinski definition) is 6. The van der Waals surface area contributed by atoms with Gasteiger partial charge in [0.15, 0.2) is 5.78 Å². The minimum absolute atomic E-state index is 0.0000603. The highest BCUT2D eigenvalue weighted by atomic mass is 32.1. The summed E-state index contributed by atoms with van der Waals surface area (Å²) in [5.74, 6) is 0.505. The van der Waals surface area contributed by atoms with Crippen LogP contribution in [-0.2, 0) is 20.8 Å². The molecule has 1 aliphatic rings. The first kappa shape index (κ1) is 33.1. The van der Waals surface area contributed by atoms with E-state index in [0.29, 0.717) is 43.2 Å². The van der Waals surface area contributed by atoms with Crippen LogP contribution in [0.25, 0.3) is 10.2 Å². The zero-order valence-corrected chi connectivity index (χ0v) is 26.8. The Morgan fingerprint density at radius 1 is 1.12 bits per heavy atom. The molecule has 0 unspecified atom stereocenters. The number of ketones is 2. The third-order valence-electron chi connectivity index (χ3n) is 8.56. The number of nitrogens with one attached hydrogen (secondary N) is 1. The van der Waals surface area contributed by atoms with Crippen LogP contribution in [0.3, 0.4) is 0 Å². The van der Waals surface area contributed by atoms with Crippen LogP contribution in [0.5, 0.6) is 0 Å². The van der Waals surface area contributed by atoms with E-state index >= 15 is 0 Å². The molecule has 0 aliphatic heterocycles. The van der Waals surface area contributed by atoms with Crippen molar-refractivity contribution in [3.05, 3.63) is 40.9 Å². The highest BCUT2D eigenvalue weighted by Crippen LogP contribution is 2.30. The number of amides is 1. The van der Waals surface area contributed by atoms with Gasteiger partial charge in [0.2, 0.25) is 5.91 Å². The molecule has 0 spiro atoms. The number of Topliss-reactive ketones (excluding diaryl/α,β-unsaturated/α-hetero) is 2. The largest absolute Gasteiger partial charge is 0.353 e. The fourth-order valence-electron chi connectivity index (χ4n) is 5.93. The van der Waals surface area contributed by atoms with Gasteiger partial charge < -0.3 is 10.1 Å². The number of carbonyl (C=O) groups is 3. The Labute approximate surface area is 251 Å². The summed E-state index contributed by atoms with van der Waals surface area (Å²) in [7, 11) is 0. The van der Waals surface area contributed by atoms with Crippen LogP contribution in [0.2, 0.25) is 0 Å². The van der Waals surface area contributed by atoms with Crippen molar-refractivity contribution in [3.8, 4) is 0 Å². The summed E-state index contributed by atoms with van der Waals surface area (Å²) in [6.45, 7) is 16.5. The maximum atomic E-state index is 13.7. The number of rotatable bonds is 17. The first-order valence-electron chi connectivity index (χ1n) is 15.7. The average molecular weight is 582 g/mol. The van der Waals surface area contributed by atoms with Crippen molar-refractivity contribution in [1.82, 2.24) is 15.2 Å². The Hall–Kier alpha value is -2.38. The Morgan fingerprint density at radius 2 is 1.83 bits per heavy atom. The molecule has 0 bridgehead atoms. The van der Waals surface area contributed by atoms with E-state index in [4.69, 9.17) is 4.98 Å². The highest BCUT2D eigenvalue weighted by Gasteiger charge is 2.27. The highest BCUT2D eigenvalue weighted by molar-refractivity contribution is 7.18. The maximum Gasteiger partial charge on any atom is 0.224 e. The second-order valence-electron chi connectivity index (χ2n) is 12.3. The molecule has 0 saturated heterocycles. The van der Waals surface area contributed by atoms with Gasteiger partial charge in [-0.2, -0.15) is 0 Å². The van der Waals surface area contributed by atoms with Crippen molar-refractivity contribution >= 4 is 39.0 Å². The number of benzene rings is 1. The molecule has 1 aliphatic carbocycles. The topological polar surface area (TPSA) is 79.4 Å². The summed E-state index contributed by atoms with van der Waals surface area (Å²) < 4.78 is 1.12. The number of aromatic nitrogens is 1. The van der Waals surface area contributed by atoms with Crippen LogP contribution in [-0.4, -0.2) is 53.0 Å². The Bertz CT molecular complexity index is 1180. The number of carbonyl (C=O) groups excluding carboxylic acids is 3. The number of nitrogens with zero attached hydrogens (tertiary/aromatic N) is 2. The lowest BCUT2D eigenvalue weighted by molar-refractivity contribution is -0.129. The van der Waals surface area contributed by atoms with E-state index in [-0.39, 0.29) is 29.9 Å². The molecule has 2 aromatic rings. The van der Waals surface area contributed by atoms with Gasteiger partial charge in [-0.3, -0.25) is 14.5 Å². The molecule has 1 amide bonds. The van der Waals surface area contributed by atoms with Crippen LogP contribution >= 0.6 is 11.3 Å². The van der Waals surface area contributed by atoms with Gasteiger partial charge in [-0.15, -0.1) is 11.3 Å². The summed E-state index contributed by atoms with van der Waals surface area (Å²) in [5.41, 5.74) is 2.85. The third kappa shape index (κ3) is 10.4. The minimum Gasteiger partial charge on any atom is -0.353 e. The standard InChI is InChI=1S/C34H51N3O3S/c1-7-37(8-2)22-24(5)31(39)17-15-29(19-26-12-10-9-11-13-26)35-34(40)28(18-25(6)38)21-33-36-30-16-14-27(23(3)4)20-32(30)41-33/h14,16,20,23,26,28-29H,5,7-13,15,17-19,21-22H2,1-4,6H3,(H,35,40)/t28-,29+/m0/s1. The maximum absolute atomic E-state index is 13.7. The normalized spacial score (nSPS) is 15.8. The monoisotopic (exact) mass is 581 g/mol. The van der Waals surface area contributed by atoms with Crippen molar-refractivity contribution < 1.29 is 14.4 Å². The molecule has 1 heterocycles. The van der Waals surface area contributed by atoms with E-state index in [2.05, 4.69) is 62.7 Å². The lowest BCUT2D eigenvalue weighted by Gasteiger charge is -2.28. The van der Waals surface area contributed by atoms with E-state index in [0.717, 1.165) is 34.7 Å². The third-order valence-corrected chi connectivity index (χ3v) is 9.60.